The minimum atomic E-state index is -4.72. The number of amides is 1. The maximum Gasteiger partial charge on any atom is 0.413 e. The van der Waals surface area contributed by atoms with E-state index >= 15 is 0 Å². The molecule has 1 N–H and O–H groups in total. The number of fused-ring (bicyclic) bond motifs is 3. The maximum absolute atomic E-state index is 14.3. The van der Waals surface area contributed by atoms with Crippen LogP contribution in [0.15, 0.2) is 36.5 Å². The second-order valence-corrected chi connectivity index (χ2v) is 13.4. The van der Waals surface area contributed by atoms with Gasteiger partial charge in [-0.15, -0.1) is 5.10 Å². The lowest BCUT2D eigenvalue weighted by Crippen LogP contribution is -2.44. The van der Waals surface area contributed by atoms with Gasteiger partial charge in [0.1, 0.15) is 0 Å². The summed E-state index contributed by atoms with van der Waals surface area (Å²) in [6, 6.07) is 5.00. The van der Waals surface area contributed by atoms with Gasteiger partial charge in [0.25, 0.3) is 0 Å². The van der Waals surface area contributed by atoms with Crippen LogP contribution in [-0.4, -0.2) is 60.9 Å². The Hall–Kier alpha value is -3.22. The van der Waals surface area contributed by atoms with E-state index in [-0.39, 0.29) is 35.3 Å². The average molecular weight is 567 g/mol. The van der Waals surface area contributed by atoms with Crippen molar-refractivity contribution in [1.29, 1.82) is 4.78 Å². The summed E-state index contributed by atoms with van der Waals surface area (Å²) in [5.41, 5.74) is 2.04. The average Bonchev–Trinajstić information content (AvgIpc) is 3.23. The van der Waals surface area contributed by atoms with Gasteiger partial charge in [-0.1, -0.05) is 26.0 Å². The Labute approximate surface area is 224 Å². The second kappa shape index (κ2) is 9.46. The highest BCUT2D eigenvalue weighted by Gasteiger charge is 2.46. The quantitative estimate of drug-likeness (QED) is 0.438. The lowest BCUT2D eigenvalue weighted by molar-refractivity contribution is -0.190. The molecule has 2 aliphatic rings. The van der Waals surface area contributed by atoms with Crippen molar-refractivity contribution in [3.8, 4) is 0 Å². The molecule has 0 unspecified atom stereocenters. The Balaban J connectivity index is 1.45. The molecule has 0 radical (unpaired) electrons. The molecule has 0 saturated carbocycles. The van der Waals surface area contributed by atoms with E-state index in [2.05, 4.69) is 10.1 Å². The Bertz CT molecular complexity index is 1500. The normalized spacial score (nSPS) is 23.9. The molecule has 2 aliphatic heterocycles. The number of carbonyl (C=O) groups is 1. The van der Waals surface area contributed by atoms with E-state index < -0.39 is 39.7 Å². The number of benzene rings is 1. The summed E-state index contributed by atoms with van der Waals surface area (Å²) in [6.07, 6.45) is -2.12. The Morgan fingerprint density at radius 3 is 2.46 bits per heavy atom. The first-order valence-corrected chi connectivity index (χ1v) is 14.6. The number of rotatable bonds is 4. The van der Waals surface area contributed by atoms with E-state index in [4.69, 9.17) is 4.78 Å². The summed E-state index contributed by atoms with van der Waals surface area (Å²) in [5, 5.41) is 3.97. The maximum atomic E-state index is 14.3. The smallest absolute Gasteiger partial charge is 0.339 e. The predicted octanol–water partition coefficient (Wildman–Crippen LogP) is 5.21. The summed E-state index contributed by atoms with van der Waals surface area (Å²) >= 11 is 0. The summed E-state index contributed by atoms with van der Waals surface area (Å²) in [4.78, 5) is 20.0. The molecule has 5 rings (SSSR count). The standard InChI is InChI=1S/C26H30F4N6O2S/c1-25(2)10-11-35(19-15-32-21-14-20(27)33-36(21)23(19)25)18-6-4-16(5-7-18)22(26(28,29)30)34(3)24(37)17-8-12-39(31,38)13-9-17/h4-7,14-15,17,22,31H,8-13H2,1-3H3/t17?,22-,39?/m0/s1. The van der Waals surface area contributed by atoms with E-state index in [1.807, 2.05) is 18.7 Å². The minimum Gasteiger partial charge on any atom is -0.339 e. The third-order valence-electron chi connectivity index (χ3n) is 7.83. The molecule has 1 fully saturated rings. The van der Waals surface area contributed by atoms with E-state index in [0.29, 0.717) is 30.0 Å². The van der Waals surface area contributed by atoms with Gasteiger partial charge in [0.15, 0.2) is 11.7 Å². The van der Waals surface area contributed by atoms with Crippen molar-refractivity contribution in [3.63, 3.8) is 0 Å². The topological polar surface area (TPSA) is 94.7 Å². The van der Waals surface area contributed by atoms with E-state index in [1.54, 1.807) is 18.3 Å². The molecule has 0 aliphatic carbocycles. The highest BCUT2D eigenvalue weighted by molar-refractivity contribution is 7.92. The third kappa shape index (κ3) is 5.08. The number of halogens is 4. The van der Waals surface area contributed by atoms with Crippen LogP contribution in [-0.2, 0) is 19.9 Å². The van der Waals surface area contributed by atoms with Gasteiger partial charge in [-0.25, -0.2) is 13.7 Å². The van der Waals surface area contributed by atoms with Crippen LogP contribution in [0, 0.1) is 16.6 Å². The SMILES string of the molecule is CN(C(=O)C1CCS(=N)(=O)CC1)[C@@H](c1ccc(N2CCC(C)(C)c3c2cnc2cc(F)nn32)cc1)C(F)(F)F. The number of anilines is 2. The number of nitrogens with zero attached hydrogens (tertiary/aromatic N) is 5. The number of carbonyl (C=O) groups excluding carboxylic acids is 1. The first kappa shape index (κ1) is 27.4. The lowest BCUT2D eigenvalue weighted by Gasteiger charge is -2.40. The fourth-order valence-electron chi connectivity index (χ4n) is 5.67. The predicted molar refractivity (Wildman–Crippen MR) is 139 cm³/mol. The van der Waals surface area contributed by atoms with Crippen molar-refractivity contribution in [3.05, 3.63) is 53.7 Å². The molecule has 0 spiro atoms. The van der Waals surface area contributed by atoms with Gasteiger partial charge in [-0.2, -0.15) is 17.6 Å². The van der Waals surface area contributed by atoms with Crippen LogP contribution in [0.5, 0.6) is 0 Å². The molecule has 1 aromatic carbocycles. The highest BCUT2D eigenvalue weighted by atomic mass is 32.2. The first-order valence-electron chi connectivity index (χ1n) is 12.7. The van der Waals surface area contributed by atoms with Gasteiger partial charge in [-0.3, -0.25) is 9.57 Å². The van der Waals surface area contributed by atoms with Crippen LogP contribution in [0.4, 0.5) is 28.9 Å². The van der Waals surface area contributed by atoms with Crippen LogP contribution < -0.4 is 4.90 Å². The fourth-order valence-corrected chi connectivity index (χ4v) is 7.20. The van der Waals surface area contributed by atoms with Gasteiger partial charge < -0.3 is 9.80 Å². The van der Waals surface area contributed by atoms with Gasteiger partial charge >= 0.3 is 6.18 Å². The third-order valence-corrected chi connectivity index (χ3v) is 9.62. The number of nitrogens with one attached hydrogen (secondary N) is 1. The molecule has 1 amide bonds. The molecule has 39 heavy (non-hydrogen) atoms. The van der Waals surface area contributed by atoms with Gasteiger partial charge in [-0.05, 0) is 37.0 Å². The zero-order chi connectivity index (χ0) is 28.3. The van der Waals surface area contributed by atoms with Crippen molar-refractivity contribution in [2.24, 2.45) is 5.92 Å². The van der Waals surface area contributed by atoms with Gasteiger partial charge in [0.2, 0.25) is 11.9 Å². The zero-order valence-electron chi connectivity index (χ0n) is 21.8. The molecule has 2 aromatic heterocycles. The van der Waals surface area contributed by atoms with Crippen LogP contribution in [0.3, 0.4) is 0 Å². The molecule has 13 heteroatoms. The lowest BCUT2D eigenvalue weighted by atomic mass is 9.81. The van der Waals surface area contributed by atoms with Crippen LogP contribution in [0.2, 0.25) is 0 Å². The second-order valence-electron chi connectivity index (χ2n) is 11.0. The largest absolute Gasteiger partial charge is 0.413 e. The van der Waals surface area contributed by atoms with Crippen LogP contribution in [0.1, 0.15) is 50.4 Å². The van der Waals surface area contributed by atoms with Crippen molar-refractivity contribution in [2.75, 3.05) is 30.0 Å². The van der Waals surface area contributed by atoms with E-state index in [9.17, 15) is 26.6 Å². The van der Waals surface area contributed by atoms with Crippen LogP contribution in [0.25, 0.3) is 5.65 Å². The van der Waals surface area contributed by atoms with Crippen molar-refractivity contribution in [2.45, 2.75) is 50.7 Å². The number of alkyl halides is 3. The Kier molecular flexibility index (Phi) is 6.63. The molecule has 210 valence electrons. The molecule has 8 nitrogen and oxygen atoms in total. The first-order chi connectivity index (χ1) is 18.2. The fraction of sp³-hybridized carbons (Fsp3) is 0.500. The summed E-state index contributed by atoms with van der Waals surface area (Å²) in [6.45, 7) is 4.62. The summed E-state index contributed by atoms with van der Waals surface area (Å²) < 4.78 is 77.8. The number of aromatic nitrogens is 3. The van der Waals surface area contributed by atoms with Crippen molar-refractivity contribution >= 4 is 32.7 Å². The van der Waals surface area contributed by atoms with Crippen LogP contribution >= 0.6 is 0 Å². The van der Waals surface area contributed by atoms with E-state index in [1.165, 1.54) is 22.7 Å². The molecule has 0 bridgehead atoms. The van der Waals surface area contributed by atoms with Crippen molar-refractivity contribution in [1.82, 2.24) is 19.5 Å². The number of hydrogen-bond donors (Lipinski definition) is 1. The van der Waals surface area contributed by atoms with Gasteiger partial charge in [0.05, 0.1) is 17.6 Å². The zero-order valence-corrected chi connectivity index (χ0v) is 22.7. The molecule has 1 saturated heterocycles. The van der Waals surface area contributed by atoms with Gasteiger partial charge in [0, 0.05) is 57.9 Å². The van der Waals surface area contributed by atoms with E-state index in [0.717, 1.165) is 17.6 Å². The highest BCUT2D eigenvalue weighted by Crippen LogP contribution is 2.44. The van der Waals surface area contributed by atoms with Crippen molar-refractivity contribution < 1.29 is 26.6 Å². The molecule has 1 atom stereocenters. The molecule has 4 heterocycles. The minimum absolute atomic E-state index is 0.0169. The monoisotopic (exact) mass is 566 g/mol. The Morgan fingerprint density at radius 1 is 1.21 bits per heavy atom. The summed E-state index contributed by atoms with van der Waals surface area (Å²) in [7, 11) is -1.61. The molecule has 3 aromatic rings. The molecular formula is C26H30F4N6O2S. The Morgan fingerprint density at radius 2 is 1.85 bits per heavy atom. The molecular weight excluding hydrogens is 536 g/mol. The number of hydrogen-bond acceptors (Lipinski definition) is 6. The summed E-state index contributed by atoms with van der Waals surface area (Å²) in [5.74, 6) is -1.97.